The van der Waals surface area contributed by atoms with Gasteiger partial charge in [0.1, 0.15) is 16.4 Å². The Morgan fingerprint density at radius 1 is 1.19 bits per heavy atom. The Morgan fingerprint density at radius 2 is 1.97 bits per heavy atom. The van der Waals surface area contributed by atoms with E-state index in [-0.39, 0.29) is 11.6 Å². The van der Waals surface area contributed by atoms with Crippen molar-refractivity contribution in [2.75, 3.05) is 26.2 Å². The van der Waals surface area contributed by atoms with Crippen LogP contribution in [0.2, 0.25) is 0 Å². The molecular formula is C23H25N5O2S. The Bertz CT molecular complexity index is 1240. The third-order valence-corrected chi connectivity index (χ3v) is 6.83. The highest BCUT2D eigenvalue weighted by Gasteiger charge is 2.25. The molecule has 1 saturated heterocycles. The average molecular weight is 436 g/mol. The zero-order valence-corrected chi connectivity index (χ0v) is 18.5. The van der Waals surface area contributed by atoms with Crippen molar-refractivity contribution in [3.63, 3.8) is 0 Å². The summed E-state index contributed by atoms with van der Waals surface area (Å²) in [5, 5.41) is 6.80. The summed E-state index contributed by atoms with van der Waals surface area (Å²) in [5.74, 6) is 1.58. The maximum absolute atomic E-state index is 13.0. The van der Waals surface area contributed by atoms with E-state index in [0.29, 0.717) is 5.39 Å². The Balaban J connectivity index is 1.31. The molecule has 0 bridgehead atoms. The van der Waals surface area contributed by atoms with Gasteiger partial charge in [0, 0.05) is 49.7 Å². The number of thiophene rings is 1. The summed E-state index contributed by atoms with van der Waals surface area (Å²) < 4.78 is 5.17. The average Bonchev–Trinajstić information content (AvgIpc) is 3.40. The second-order valence-corrected chi connectivity index (χ2v) is 8.92. The number of benzene rings is 1. The number of aromatic nitrogens is 3. The van der Waals surface area contributed by atoms with Gasteiger partial charge in [-0.3, -0.25) is 14.6 Å². The predicted molar refractivity (Wildman–Crippen MR) is 122 cm³/mol. The third-order valence-electron chi connectivity index (χ3n) is 5.96. The van der Waals surface area contributed by atoms with E-state index < -0.39 is 0 Å². The fourth-order valence-corrected chi connectivity index (χ4v) is 5.15. The predicted octanol–water partition coefficient (Wildman–Crippen LogP) is 3.83. The second-order valence-electron chi connectivity index (χ2n) is 8.06. The Morgan fingerprint density at radius 3 is 2.68 bits per heavy atom. The lowest BCUT2D eigenvalue weighted by molar-refractivity contribution is 0.0933. The van der Waals surface area contributed by atoms with E-state index in [4.69, 9.17) is 9.51 Å². The molecule has 0 unspecified atom stereocenters. The van der Waals surface area contributed by atoms with Gasteiger partial charge in [-0.2, -0.15) is 0 Å². The van der Waals surface area contributed by atoms with Crippen molar-refractivity contribution in [3.8, 4) is 11.1 Å². The minimum atomic E-state index is -0.0630. The van der Waals surface area contributed by atoms with E-state index in [2.05, 4.69) is 26.9 Å². The Labute approximate surface area is 184 Å². The monoisotopic (exact) mass is 435 g/mol. The van der Waals surface area contributed by atoms with Crippen molar-refractivity contribution in [2.45, 2.75) is 26.4 Å². The Kier molecular flexibility index (Phi) is 5.43. The summed E-state index contributed by atoms with van der Waals surface area (Å²) in [7, 11) is 0. The van der Waals surface area contributed by atoms with Crippen LogP contribution in [0.25, 0.3) is 21.3 Å². The van der Waals surface area contributed by atoms with Crippen LogP contribution in [0.5, 0.6) is 0 Å². The van der Waals surface area contributed by atoms with E-state index in [1.54, 1.807) is 0 Å². The zero-order chi connectivity index (χ0) is 21.4. The minimum Gasteiger partial charge on any atom is -0.361 e. The summed E-state index contributed by atoms with van der Waals surface area (Å²) >= 11 is 1.53. The number of aryl methyl sites for hydroxylation is 1. The molecule has 1 aliphatic rings. The molecule has 0 aliphatic carbocycles. The lowest BCUT2D eigenvalue weighted by Crippen LogP contribution is -2.47. The summed E-state index contributed by atoms with van der Waals surface area (Å²) in [6.45, 7) is 8.56. The number of H-pyrrole nitrogens is 1. The number of rotatable bonds is 5. The Hall–Kier alpha value is -2.81. The normalized spacial score (nSPS) is 16.7. The van der Waals surface area contributed by atoms with E-state index >= 15 is 0 Å². The van der Waals surface area contributed by atoms with Crippen molar-refractivity contribution < 1.29 is 4.52 Å². The highest BCUT2D eigenvalue weighted by atomic mass is 32.1. The second kappa shape index (κ2) is 8.37. The fraction of sp³-hybridized carbons (Fsp3) is 0.348. The molecule has 4 aromatic rings. The molecule has 31 heavy (non-hydrogen) atoms. The summed E-state index contributed by atoms with van der Waals surface area (Å²) in [6.07, 6.45) is 0. The van der Waals surface area contributed by atoms with E-state index in [9.17, 15) is 4.79 Å². The van der Waals surface area contributed by atoms with Gasteiger partial charge in [0.2, 0.25) is 0 Å². The maximum atomic E-state index is 13.0. The van der Waals surface area contributed by atoms with Crippen molar-refractivity contribution in [2.24, 2.45) is 0 Å². The van der Waals surface area contributed by atoms with Crippen molar-refractivity contribution in [1.82, 2.24) is 24.9 Å². The lowest BCUT2D eigenvalue weighted by Gasteiger charge is -2.37. The molecule has 5 rings (SSSR count). The number of nitrogens with zero attached hydrogens (tertiary/aromatic N) is 4. The van der Waals surface area contributed by atoms with Crippen LogP contribution in [0.1, 0.15) is 30.2 Å². The quantitative estimate of drug-likeness (QED) is 0.513. The van der Waals surface area contributed by atoms with Gasteiger partial charge in [-0.05, 0) is 19.4 Å². The molecule has 7 nitrogen and oxygen atoms in total. The molecule has 1 N–H and O–H groups in total. The first-order chi connectivity index (χ1) is 15.1. The molecule has 160 valence electrons. The molecule has 0 spiro atoms. The van der Waals surface area contributed by atoms with Gasteiger partial charge < -0.3 is 9.51 Å². The van der Waals surface area contributed by atoms with Crippen LogP contribution in [0.3, 0.4) is 0 Å². The number of piperazine rings is 1. The molecule has 3 aromatic heterocycles. The van der Waals surface area contributed by atoms with Crippen LogP contribution >= 0.6 is 11.3 Å². The van der Waals surface area contributed by atoms with Gasteiger partial charge in [-0.15, -0.1) is 11.3 Å². The van der Waals surface area contributed by atoms with Gasteiger partial charge >= 0.3 is 0 Å². The molecule has 8 heteroatoms. The number of nitrogens with one attached hydrogen (secondary N) is 1. The first-order valence-corrected chi connectivity index (χ1v) is 11.4. The van der Waals surface area contributed by atoms with Crippen molar-refractivity contribution >= 4 is 21.6 Å². The number of aromatic amines is 1. The maximum Gasteiger partial charge on any atom is 0.260 e. The van der Waals surface area contributed by atoms with E-state index in [1.807, 2.05) is 48.7 Å². The molecule has 4 heterocycles. The fourth-order valence-electron chi connectivity index (χ4n) is 4.20. The first-order valence-electron chi connectivity index (χ1n) is 10.5. The standard InChI is InChI=1S/C23H25N5O2S/c1-15-12-18(26-30-15)13-27-8-10-28(11-9-27)16(2)21-24-22(29)20-19(14-31-23(20)25-21)17-6-4-3-5-7-17/h3-7,12,14,16H,8-11,13H2,1-2H3,(H,24,25,29)/t16-/m0/s1. The number of hydrogen-bond acceptors (Lipinski definition) is 7. The lowest BCUT2D eigenvalue weighted by atomic mass is 10.1. The van der Waals surface area contributed by atoms with Crippen LogP contribution in [-0.2, 0) is 6.54 Å². The van der Waals surface area contributed by atoms with Gasteiger partial charge in [-0.25, -0.2) is 4.98 Å². The van der Waals surface area contributed by atoms with Crippen LogP contribution < -0.4 is 5.56 Å². The molecule has 0 radical (unpaired) electrons. The molecule has 1 atom stereocenters. The van der Waals surface area contributed by atoms with Crippen molar-refractivity contribution in [1.29, 1.82) is 0 Å². The van der Waals surface area contributed by atoms with Gasteiger partial charge in [0.15, 0.2) is 0 Å². The summed E-state index contributed by atoms with van der Waals surface area (Å²) in [5.41, 5.74) is 2.90. The highest BCUT2D eigenvalue weighted by Crippen LogP contribution is 2.31. The topological polar surface area (TPSA) is 78.3 Å². The van der Waals surface area contributed by atoms with E-state index in [1.165, 1.54) is 11.3 Å². The third kappa shape index (κ3) is 4.06. The smallest absolute Gasteiger partial charge is 0.260 e. The molecular weight excluding hydrogens is 410 g/mol. The molecule has 1 fully saturated rings. The van der Waals surface area contributed by atoms with Gasteiger partial charge in [0.25, 0.3) is 5.56 Å². The number of fused-ring (bicyclic) bond motifs is 1. The van der Waals surface area contributed by atoms with Crippen LogP contribution in [0.15, 0.2) is 51.1 Å². The van der Waals surface area contributed by atoms with Crippen LogP contribution in [0.4, 0.5) is 0 Å². The van der Waals surface area contributed by atoms with Crippen LogP contribution in [-0.4, -0.2) is 51.1 Å². The molecule has 0 saturated carbocycles. The molecule has 0 amide bonds. The summed E-state index contributed by atoms with van der Waals surface area (Å²) in [4.78, 5) is 26.4. The first kappa shape index (κ1) is 20.1. The van der Waals surface area contributed by atoms with Gasteiger partial charge in [0.05, 0.1) is 17.1 Å². The minimum absolute atomic E-state index is 0.0517. The molecule has 1 aliphatic heterocycles. The highest BCUT2D eigenvalue weighted by molar-refractivity contribution is 7.17. The zero-order valence-electron chi connectivity index (χ0n) is 17.7. The largest absolute Gasteiger partial charge is 0.361 e. The SMILES string of the molecule is Cc1cc(CN2CCN([C@@H](C)c3nc4scc(-c5ccccc5)c4c(=O)[nH]3)CC2)no1. The van der Waals surface area contributed by atoms with Crippen LogP contribution in [0, 0.1) is 6.92 Å². The van der Waals surface area contributed by atoms with Crippen molar-refractivity contribution in [3.05, 3.63) is 69.4 Å². The molecule has 1 aromatic carbocycles. The van der Waals surface area contributed by atoms with Gasteiger partial charge in [-0.1, -0.05) is 35.5 Å². The number of hydrogen-bond donors (Lipinski definition) is 1. The van der Waals surface area contributed by atoms with E-state index in [0.717, 1.165) is 66.0 Å². The summed E-state index contributed by atoms with van der Waals surface area (Å²) in [6, 6.07) is 12.0.